The number of azo groups is 1. The Balaban J connectivity index is 1.63. The highest BCUT2D eigenvalue weighted by molar-refractivity contribution is 6.11. The number of primary amides is 1. The second-order valence-corrected chi connectivity index (χ2v) is 7.70. The molecule has 0 bridgehead atoms. The maximum atomic E-state index is 13.0. The molecule has 0 radical (unpaired) electrons. The lowest BCUT2D eigenvalue weighted by molar-refractivity contribution is 0.0994. The molecule has 0 unspecified atom stereocenters. The van der Waals surface area contributed by atoms with E-state index in [-0.39, 0.29) is 28.5 Å². The second kappa shape index (κ2) is 9.47. The van der Waals surface area contributed by atoms with Crippen LogP contribution in [0.1, 0.15) is 20.8 Å². The number of hydrogen-bond acceptors (Lipinski definition) is 7. The number of carbonyl (C=O) groups is 2. The van der Waals surface area contributed by atoms with Crippen molar-refractivity contribution in [2.45, 2.75) is 0 Å². The third-order valence-electron chi connectivity index (χ3n) is 5.39. The van der Waals surface area contributed by atoms with Gasteiger partial charge in [-0.25, -0.2) is 9.97 Å². The minimum absolute atomic E-state index is 0.0138. The van der Waals surface area contributed by atoms with Crippen LogP contribution in [0.15, 0.2) is 102 Å². The van der Waals surface area contributed by atoms with E-state index in [9.17, 15) is 14.7 Å². The van der Waals surface area contributed by atoms with Crippen LogP contribution in [0, 0.1) is 0 Å². The van der Waals surface area contributed by atoms with Crippen molar-refractivity contribution in [1.29, 1.82) is 0 Å². The van der Waals surface area contributed by atoms with Crippen LogP contribution in [0.4, 0.5) is 17.2 Å². The minimum Gasteiger partial charge on any atom is -0.505 e. The van der Waals surface area contributed by atoms with Crippen LogP contribution in [0.5, 0.6) is 5.75 Å². The average Bonchev–Trinajstić information content (AvgIpc) is 3.33. The number of aromatic hydroxyl groups is 1. The number of carbonyl (C=O) groups excluding carboxylic acids is 2. The van der Waals surface area contributed by atoms with Crippen molar-refractivity contribution in [3.05, 3.63) is 103 Å². The Labute approximate surface area is 204 Å². The third kappa shape index (κ3) is 4.26. The summed E-state index contributed by atoms with van der Waals surface area (Å²) < 4.78 is 1.45. The number of anilines is 1. The minimum atomic E-state index is -0.802. The van der Waals surface area contributed by atoms with Gasteiger partial charge in [-0.2, -0.15) is 0 Å². The zero-order valence-corrected chi connectivity index (χ0v) is 18.7. The summed E-state index contributed by atoms with van der Waals surface area (Å²) in [6.07, 6.45) is 2.94. The van der Waals surface area contributed by atoms with E-state index >= 15 is 0 Å². The van der Waals surface area contributed by atoms with Crippen molar-refractivity contribution >= 4 is 39.8 Å². The number of nitrogens with two attached hydrogens (primary N) is 1. The fourth-order valence-electron chi connectivity index (χ4n) is 3.68. The summed E-state index contributed by atoms with van der Waals surface area (Å²) >= 11 is 0. The lowest BCUT2D eigenvalue weighted by Gasteiger charge is -2.11. The predicted molar refractivity (Wildman–Crippen MR) is 134 cm³/mol. The highest BCUT2D eigenvalue weighted by atomic mass is 16.3. The fraction of sp³-hybridized carbons (Fsp3) is 0. The highest BCUT2D eigenvalue weighted by Crippen LogP contribution is 2.40. The number of phenols is 1. The topological polar surface area (TPSA) is 148 Å². The molecule has 10 heteroatoms. The van der Waals surface area contributed by atoms with E-state index in [2.05, 4.69) is 25.5 Å². The highest BCUT2D eigenvalue weighted by Gasteiger charge is 2.21. The van der Waals surface area contributed by atoms with Crippen LogP contribution in [-0.2, 0) is 0 Å². The molecule has 36 heavy (non-hydrogen) atoms. The zero-order valence-electron chi connectivity index (χ0n) is 18.7. The summed E-state index contributed by atoms with van der Waals surface area (Å²) in [6.45, 7) is 0. The van der Waals surface area contributed by atoms with Gasteiger partial charge in [0.05, 0.1) is 5.56 Å². The summed E-state index contributed by atoms with van der Waals surface area (Å²) in [6, 6.07) is 22.8. The molecule has 3 aromatic carbocycles. The number of imidazole rings is 1. The van der Waals surface area contributed by atoms with Gasteiger partial charge in [0.1, 0.15) is 17.8 Å². The third-order valence-corrected chi connectivity index (χ3v) is 5.39. The summed E-state index contributed by atoms with van der Waals surface area (Å²) in [5.41, 5.74) is 6.01. The van der Waals surface area contributed by atoms with Crippen molar-refractivity contribution in [3.63, 3.8) is 0 Å². The van der Waals surface area contributed by atoms with Gasteiger partial charge < -0.3 is 16.2 Å². The number of benzene rings is 3. The van der Waals surface area contributed by atoms with Crippen molar-refractivity contribution in [3.8, 4) is 11.6 Å². The van der Waals surface area contributed by atoms with Crippen LogP contribution in [0.3, 0.4) is 0 Å². The Hall–Kier alpha value is -5.38. The van der Waals surface area contributed by atoms with Crippen LogP contribution in [-0.4, -0.2) is 31.5 Å². The van der Waals surface area contributed by atoms with Crippen molar-refractivity contribution in [2.24, 2.45) is 16.0 Å². The number of hydrogen-bond donors (Lipinski definition) is 3. The van der Waals surface area contributed by atoms with Gasteiger partial charge in [-0.3, -0.25) is 14.2 Å². The van der Waals surface area contributed by atoms with Crippen LogP contribution < -0.4 is 11.1 Å². The molecule has 0 spiro atoms. The molecule has 2 heterocycles. The van der Waals surface area contributed by atoms with Crippen LogP contribution >= 0.6 is 0 Å². The quantitative estimate of drug-likeness (QED) is 0.298. The molecule has 176 valence electrons. The first-order chi connectivity index (χ1) is 17.5. The van der Waals surface area contributed by atoms with Gasteiger partial charge in [-0.05, 0) is 35.7 Å². The van der Waals surface area contributed by atoms with E-state index in [1.807, 2.05) is 6.07 Å². The normalized spacial score (nSPS) is 11.1. The monoisotopic (exact) mass is 477 g/mol. The molecule has 0 aliphatic heterocycles. The molecule has 2 amide bonds. The van der Waals surface area contributed by atoms with Gasteiger partial charge in [-0.15, -0.1) is 10.2 Å². The Bertz CT molecular complexity index is 1610. The molecule has 5 rings (SSSR count). The van der Waals surface area contributed by atoms with Crippen LogP contribution in [0.2, 0.25) is 0 Å². The number of fused-ring (bicyclic) bond motifs is 1. The molecular formula is C26H19N7O3. The second-order valence-electron chi connectivity index (χ2n) is 7.70. The first-order valence-corrected chi connectivity index (χ1v) is 10.8. The molecule has 0 atom stereocenters. The molecule has 0 saturated carbocycles. The van der Waals surface area contributed by atoms with E-state index in [1.165, 1.54) is 10.9 Å². The molecule has 0 aliphatic rings. The summed E-state index contributed by atoms with van der Waals surface area (Å²) in [5.74, 6) is -1.21. The number of pyridine rings is 1. The van der Waals surface area contributed by atoms with Gasteiger partial charge in [0.2, 0.25) is 0 Å². The molecule has 0 aliphatic carbocycles. The maximum absolute atomic E-state index is 13.0. The van der Waals surface area contributed by atoms with Gasteiger partial charge in [0.15, 0.2) is 17.3 Å². The number of phenolic OH excluding ortho intramolecular Hbond substituents is 1. The van der Waals surface area contributed by atoms with E-state index in [1.54, 1.807) is 79.0 Å². The molecule has 4 N–H and O–H groups in total. The first-order valence-electron chi connectivity index (χ1n) is 10.8. The molecule has 2 aromatic heterocycles. The Kier molecular flexibility index (Phi) is 5.90. The SMILES string of the molecule is NC(=O)c1ncn(-c2ccccn2)c1/N=N/c1c(O)c(C(=O)Nc2ccccc2)cc2ccccc12. The largest absolute Gasteiger partial charge is 0.505 e. The number of nitrogens with zero attached hydrogens (tertiary/aromatic N) is 5. The Morgan fingerprint density at radius 3 is 2.42 bits per heavy atom. The van der Waals surface area contributed by atoms with Gasteiger partial charge in [0.25, 0.3) is 11.8 Å². The fourth-order valence-corrected chi connectivity index (χ4v) is 3.68. The van der Waals surface area contributed by atoms with E-state index in [0.717, 1.165) is 0 Å². The number of para-hydroxylation sites is 1. The lowest BCUT2D eigenvalue weighted by Crippen LogP contribution is -2.12. The first kappa shape index (κ1) is 22.4. The maximum Gasteiger partial charge on any atom is 0.271 e. The summed E-state index contributed by atoms with van der Waals surface area (Å²) in [4.78, 5) is 33.3. The number of aromatic nitrogens is 3. The molecule has 0 fully saturated rings. The van der Waals surface area contributed by atoms with Gasteiger partial charge >= 0.3 is 0 Å². The molecular weight excluding hydrogens is 458 g/mol. The molecule has 10 nitrogen and oxygen atoms in total. The van der Waals surface area contributed by atoms with E-state index in [0.29, 0.717) is 22.3 Å². The van der Waals surface area contributed by atoms with E-state index < -0.39 is 11.8 Å². The smallest absolute Gasteiger partial charge is 0.271 e. The Morgan fingerprint density at radius 1 is 0.917 bits per heavy atom. The molecule has 5 aromatic rings. The van der Waals surface area contributed by atoms with Crippen molar-refractivity contribution < 1.29 is 14.7 Å². The van der Waals surface area contributed by atoms with E-state index in [4.69, 9.17) is 5.73 Å². The summed E-state index contributed by atoms with van der Waals surface area (Å²) in [7, 11) is 0. The average molecular weight is 477 g/mol. The zero-order chi connectivity index (χ0) is 25.1. The van der Waals surface area contributed by atoms with Crippen LogP contribution in [0.25, 0.3) is 16.6 Å². The van der Waals surface area contributed by atoms with Crippen molar-refractivity contribution in [2.75, 3.05) is 5.32 Å². The predicted octanol–water partition coefficient (Wildman–Crippen LogP) is 4.89. The standard InChI is InChI=1S/C26H19N7O3/c27-24(35)22-25(33(15-29-22)20-12-6-7-13-28-20)32-31-21-18-11-5-4-8-16(18)14-19(23(21)34)26(36)30-17-9-2-1-3-10-17/h1-15,34H,(H2,27,35)(H,30,36)/b32-31+. The Morgan fingerprint density at radius 2 is 1.67 bits per heavy atom. The van der Waals surface area contributed by atoms with Gasteiger partial charge in [-0.1, -0.05) is 48.5 Å². The van der Waals surface area contributed by atoms with Crippen molar-refractivity contribution in [1.82, 2.24) is 14.5 Å². The number of nitrogens with one attached hydrogen (secondary N) is 1. The van der Waals surface area contributed by atoms with Gasteiger partial charge in [0, 0.05) is 17.3 Å². The molecule has 0 saturated heterocycles. The number of rotatable bonds is 6. The number of amides is 2. The summed E-state index contributed by atoms with van der Waals surface area (Å²) in [5, 5.41) is 23.5. The lowest BCUT2D eigenvalue weighted by atomic mass is 10.0.